The van der Waals surface area contributed by atoms with Gasteiger partial charge in [0.25, 0.3) is 5.91 Å². The van der Waals surface area contributed by atoms with Crippen LogP contribution in [0, 0.1) is 0 Å². The van der Waals surface area contributed by atoms with Crippen molar-refractivity contribution in [3.05, 3.63) is 21.3 Å². The van der Waals surface area contributed by atoms with Crippen molar-refractivity contribution >= 4 is 49.6 Å². The molecular weight excluding hydrogens is 312 g/mol. The smallest absolute Gasteiger partial charge is 0.263 e. The highest BCUT2D eigenvalue weighted by Crippen LogP contribution is 2.38. The van der Waals surface area contributed by atoms with Crippen LogP contribution in [-0.2, 0) is 0 Å². The minimum absolute atomic E-state index is 0.0258. The number of fused-ring (bicyclic) bond motifs is 1. The Balaban J connectivity index is 1.79. The summed E-state index contributed by atoms with van der Waals surface area (Å²) in [4.78, 5) is 15.3. The van der Waals surface area contributed by atoms with E-state index >= 15 is 0 Å². The Morgan fingerprint density at radius 3 is 2.95 bits per heavy atom. The number of hydrogen-bond acceptors (Lipinski definition) is 4. The molecular formula is C14H17ClN2OS2. The summed E-state index contributed by atoms with van der Waals surface area (Å²) in [7, 11) is 4.15. The Kier molecular flexibility index (Phi) is 4.04. The molecule has 2 atom stereocenters. The minimum Gasteiger partial charge on any atom is -0.347 e. The second-order valence-electron chi connectivity index (χ2n) is 5.41. The molecule has 0 unspecified atom stereocenters. The molecule has 0 saturated heterocycles. The second-order valence-corrected chi connectivity index (χ2v) is 7.98. The first kappa shape index (κ1) is 14.3. The van der Waals surface area contributed by atoms with Crippen molar-refractivity contribution in [1.82, 2.24) is 10.2 Å². The maximum absolute atomic E-state index is 12.5. The normalized spacial score (nSPS) is 22.8. The van der Waals surface area contributed by atoms with Gasteiger partial charge in [-0.2, -0.15) is 0 Å². The van der Waals surface area contributed by atoms with E-state index in [4.69, 9.17) is 11.6 Å². The molecule has 0 radical (unpaired) electrons. The standard InChI is InChI=1S/C14H17ClN2OS2/c1-17(2)10-5-3-4-9(10)16-13(18)12-11(15)8-6-7-19-14(8)20-12/h6-7,9-10H,3-5H2,1-2H3,(H,16,18)/t9-,10-/m1/s1. The van der Waals surface area contributed by atoms with Gasteiger partial charge < -0.3 is 10.2 Å². The second kappa shape index (κ2) is 5.64. The van der Waals surface area contributed by atoms with E-state index in [2.05, 4.69) is 24.3 Å². The predicted molar refractivity (Wildman–Crippen MR) is 87.3 cm³/mol. The van der Waals surface area contributed by atoms with Crippen LogP contribution in [0.1, 0.15) is 28.9 Å². The lowest BCUT2D eigenvalue weighted by Gasteiger charge is -2.26. The summed E-state index contributed by atoms with van der Waals surface area (Å²) in [6, 6.07) is 2.64. The summed E-state index contributed by atoms with van der Waals surface area (Å²) in [5.41, 5.74) is 0. The number of amides is 1. The Morgan fingerprint density at radius 1 is 1.45 bits per heavy atom. The zero-order chi connectivity index (χ0) is 14.3. The van der Waals surface area contributed by atoms with Crippen molar-refractivity contribution in [3.8, 4) is 0 Å². The molecule has 0 aliphatic heterocycles. The van der Waals surface area contributed by atoms with Crippen LogP contribution in [0.3, 0.4) is 0 Å². The number of halogens is 1. The topological polar surface area (TPSA) is 32.3 Å². The monoisotopic (exact) mass is 328 g/mol. The highest BCUT2D eigenvalue weighted by atomic mass is 35.5. The summed E-state index contributed by atoms with van der Waals surface area (Å²) in [5.74, 6) is -0.0258. The lowest BCUT2D eigenvalue weighted by molar-refractivity contribution is 0.0923. The molecule has 2 aromatic rings. The van der Waals surface area contributed by atoms with Gasteiger partial charge in [0, 0.05) is 17.5 Å². The van der Waals surface area contributed by atoms with Crippen LogP contribution >= 0.6 is 34.3 Å². The number of likely N-dealkylation sites (N-methyl/N-ethyl adjacent to an activating group) is 1. The van der Waals surface area contributed by atoms with Crippen LogP contribution < -0.4 is 5.32 Å². The summed E-state index contributed by atoms with van der Waals surface area (Å²) in [6.45, 7) is 0. The third-order valence-corrected chi connectivity index (χ3v) is 6.67. The average molecular weight is 329 g/mol. The van der Waals surface area contributed by atoms with Gasteiger partial charge in [-0.25, -0.2) is 0 Å². The van der Waals surface area contributed by atoms with Gasteiger partial charge in [-0.15, -0.1) is 22.7 Å². The SMILES string of the molecule is CN(C)[C@@H]1CCC[C@H]1NC(=O)c1sc2sccc2c1Cl. The molecule has 20 heavy (non-hydrogen) atoms. The Labute approximate surface area is 131 Å². The Bertz CT molecular complexity index is 634. The van der Waals surface area contributed by atoms with Gasteiger partial charge in [0.15, 0.2) is 0 Å². The molecule has 2 heterocycles. The van der Waals surface area contributed by atoms with Crippen molar-refractivity contribution < 1.29 is 4.79 Å². The summed E-state index contributed by atoms with van der Waals surface area (Å²) >= 11 is 9.45. The molecule has 2 aromatic heterocycles. The molecule has 1 aliphatic rings. The van der Waals surface area contributed by atoms with E-state index in [0.29, 0.717) is 15.9 Å². The van der Waals surface area contributed by atoms with E-state index in [-0.39, 0.29) is 11.9 Å². The molecule has 6 heteroatoms. The number of rotatable bonds is 3. The van der Waals surface area contributed by atoms with Crippen LogP contribution in [0.4, 0.5) is 0 Å². The largest absolute Gasteiger partial charge is 0.347 e. The van der Waals surface area contributed by atoms with Gasteiger partial charge in [-0.05, 0) is 44.8 Å². The molecule has 108 valence electrons. The maximum Gasteiger partial charge on any atom is 0.263 e. The maximum atomic E-state index is 12.5. The lowest BCUT2D eigenvalue weighted by Crippen LogP contribution is -2.45. The van der Waals surface area contributed by atoms with E-state index in [9.17, 15) is 4.79 Å². The molecule has 0 spiro atoms. The minimum atomic E-state index is -0.0258. The first-order valence-electron chi connectivity index (χ1n) is 6.70. The van der Waals surface area contributed by atoms with E-state index in [1.807, 2.05) is 11.4 Å². The Morgan fingerprint density at radius 2 is 2.25 bits per heavy atom. The predicted octanol–water partition coefficient (Wildman–Crippen LogP) is 3.83. The van der Waals surface area contributed by atoms with Crippen LogP contribution in [0.25, 0.3) is 9.40 Å². The van der Waals surface area contributed by atoms with E-state index in [1.165, 1.54) is 17.8 Å². The summed E-state index contributed by atoms with van der Waals surface area (Å²) in [6.07, 6.45) is 3.36. The Hall–Kier alpha value is -0.620. The quantitative estimate of drug-likeness (QED) is 0.928. The highest BCUT2D eigenvalue weighted by Gasteiger charge is 2.31. The zero-order valence-corrected chi connectivity index (χ0v) is 13.9. The van der Waals surface area contributed by atoms with Gasteiger partial charge >= 0.3 is 0 Å². The molecule has 0 bridgehead atoms. The lowest BCUT2D eigenvalue weighted by atomic mass is 10.1. The van der Waals surface area contributed by atoms with Gasteiger partial charge in [-0.1, -0.05) is 11.6 Å². The third kappa shape index (κ3) is 2.48. The van der Waals surface area contributed by atoms with Crippen LogP contribution in [0.2, 0.25) is 5.02 Å². The summed E-state index contributed by atoms with van der Waals surface area (Å²) in [5, 5.41) is 6.78. The fraction of sp³-hybridized carbons (Fsp3) is 0.500. The molecule has 0 aromatic carbocycles. The number of carbonyl (C=O) groups excluding carboxylic acids is 1. The first-order chi connectivity index (χ1) is 9.58. The van der Waals surface area contributed by atoms with Gasteiger partial charge in [0.1, 0.15) is 4.88 Å². The van der Waals surface area contributed by atoms with E-state index in [0.717, 1.165) is 22.2 Å². The molecule has 1 amide bonds. The average Bonchev–Trinajstić information content (AvgIpc) is 3.07. The number of nitrogens with one attached hydrogen (secondary N) is 1. The number of carbonyl (C=O) groups is 1. The molecule has 3 nitrogen and oxygen atoms in total. The zero-order valence-electron chi connectivity index (χ0n) is 11.5. The van der Waals surface area contributed by atoms with Gasteiger partial charge in [0.2, 0.25) is 0 Å². The molecule has 1 saturated carbocycles. The van der Waals surface area contributed by atoms with Crippen LogP contribution in [-0.4, -0.2) is 37.0 Å². The number of thiophene rings is 2. The molecule has 3 rings (SSSR count). The molecule has 1 aliphatic carbocycles. The molecule has 1 fully saturated rings. The van der Waals surface area contributed by atoms with E-state index < -0.39 is 0 Å². The van der Waals surface area contributed by atoms with E-state index in [1.54, 1.807) is 11.3 Å². The van der Waals surface area contributed by atoms with Crippen molar-refractivity contribution in [3.63, 3.8) is 0 Å². The fourth-order valence-electron chi connectivity index (χ4n) is 2.90. The number of nitrogens with zero attached hydrogens (tertiary/aromatic N) is 1. The molecule has 1 N–H and O–H groups in total. The highest BCUT2D eigenvalue weighted by molar-refractivity contribution is 7.38. The number of hydrogen-bond donors (Lipinski definition) is 1. The van der Waals surface area contributed by atoms with Crippen molar-refractivity contribution in [2.45, 2.75) is 31.3 Å². The van der Waals surface area contributed by atoms with Crippen molar-refractivity contribution in [2.75, 3.05) is 14.1 Å². The third-order valence-electron chi connectivity index (χ3n) is 3.93. The van der Waals surface area contributed by atoms with Crippen molar-refractivity contribution in [2.24, 2.45) is 0 Å². The van der Waals surface area contributed by atoms with Gasteiger partial charge in [0.05, 0.1) is 9.04 Å². The van der Waals surface area contributed by atoms with Crippen molar-refractivity contribution in [1.29, 1.82) is 0 Å². The summed E-state index contributed by atoms with van der Waals surface area (Å²) < 4.78 is 1.12. The fourth-order valence-corrected chi connectivity index (χ4v) is 5.43. The van der Waals surface area contributed by atoms with Crippen LogP contribution in [0.5, 0.6) is 0 Å². The van der Waals surface area contributed by atoms with Crippen LogP contribution in [0.15, 0.2) is 11.4 Å². The first-order valence-corrected chi connectivity index (χ1v) is 8.78. The van der Waals surface area contributed by atoms with Gasteiger partial charge in [-0.3, -0.25) is 4.79 Å².